The van der Waals surface area contributed by atoms with E-state index in [1.165, 1.54) is 19.5 Å². The van der Waals surface area contributed by atoms with E-state index in [0.717, 1.165) is 19.6 Å². The highest BCUT2D eigenvalue weighted by atomic mass is 15.3. The van der Waals surface area contributed by atoms with Gasteiger partial charge in [-0.05, 0) is 6.42 Å². The third-order valence-corrected chi connectivity index (χ3v) is 2.59. The molecule has 2 N–H and O–H groups in total. The molecule has 2 rings (SSSR count). The van der Waals surface area contributed by atoms with Gasteiger partial charge in [-0.3, -0.25) is 10.2 Å². The maximum Gasteiger partial charge on any atom is 0.0635 e. The van der Waals surface area contributed by atoms with Gasteiger partial charge in [0.1, 0.15) is 0 Å². The topological polar surface area (TPSA) is 27.3 Å². The lowest BCUT2D eigenvalue weighted by Gasteiger charge is -2.36. The summed E-state index contributed by atoms with van der Waals surface area (Å²) in [5.41, 5.74) is 0. The van der Waals surface area contributed by atoms with Crippen LogP contribution < -0.4 is 10.6 Å². The molecule has 0 radical (unpaired) electrons. The van der Waals surface area contributed by atoms with Crippen LogP contribution in [0.2, 0.25) is 0 Å². The van der Waals surface area contributed by atoms with Crippen molar-refractivity contribution in [1.82, 2.24) is 15.5 Å². The minimum absolute atomic E-state index is 0.595. The summed E-state index contributed by atoms with van der Waals surface area (Å²) in [5, 5.41) is 6.87. The Morgan fingerprint density at radius 3 is 2.67 bits per heavy atom. The molecule has 0 aromatic heterocycles. The molecule has 0 spiro atoms. The fourth-order valence-electron chi connectivity index (χ4n) is 1.87. The Balaban J connectivity index is 1.85. The van der Waals surface area contributed by atoms with Crippen molar-refractivity contribution in [2.45, 2.75) is 12.6 Å². The van der Waals surface area contributed by atoms with Crippen LogP contribution in [0.1, 0.15) is 6.42 Å². The van der Waals surface area contributed by atoms with Gasteiger partial charge in [0.05, 0.1) is 6.17 Å². The Bertz CT molecular complexity index is 161. The van der Waals surface area contributed by atoms with Crippen LogP contribution in [0, 0.1) is 0 Å². The average molecular weight is 167 g/mol. The van der Waals surface area contributed by atoms with E-state index in [1.807, 2.05) is 0 Å². The van der Waals surface area contributed by atoms with Gasteiger partial charge in [0.15, 0.2) is 0 Å². The van der Waals surface area contributed by atoms with E-state index in [4.69, 9.17) is 0 Å². The Morgan fingerprint density at radius 2 is 2.00 bits per heavy atom. The molecule has 0 aliphatic carbocycles. The zero-order chi connectivity index (χ0) is 8.23. The number of hydrogen-bond acceptors (Lipinski definition) is 3. The summed E-state index contributed by atoms with van der Waals surface area (Å²) in [6.07, 6.45) is 6.25. The zero-order valence-corrected chi connectivity index (χ0v) is 7.42. The molecular formula is C9H17N3. The quantitative estimate of drug-likeness (QED) is 0.528. The van der Waals surface area contributed by atoms with E-state index >= 15 is 0 Å². The highest BCUT2D eigenvalue weighted by molar-refractivity contribution is 4.94. The molecule has 1 atom stereocenters. The van der Waals surface area contributed by atoms with Crippen molar-refractivity contribution in [2.75, 3.05) is 32.7 Å². The Morgan fingerprint density at radius 1 is 1.17 bits per heavy atom. The summed E-state index contributed by atoms with van der Waals surface area (Å²) in [5.74, 6) is 0. The van der Waals surface area contributed by atoms with E-state index in [0.29, 0.717) is 6.17 Å². The summed E-state index contributed by atoms with van der Waals surface area (Å²) in [7, 11) is 0. The Labute approximate surface area is 73.8 Å². The molecule has 2 heterocycles. The number of piperazine rings is 1. The van der Waals surface area contributed by atoms with E-state index in [9.17, 15) is 0 Å². The van der Waals surface area contributed by atoms with Gasteiger partial charge in [-0.25, -0.2) is 0 Å². The molecule has 3 nitrogen and oxygen atoms in total. The Kier molecular flexibility index (Phi) is 2.76. The number of hydrogen-bond donors (Lipinski definition) is 2. The van der Waals surface area contributed by atoms with Gasteiger partial charge in [-0.2, -0.15) is 0 Å². The third-order valence-electron chi connectivity index (χ3n) is 2.59. The van der Waals surface area contributed by atoms with Crippen LogP contribution in [0.15, 0.2) is 12.2 Å². The second-order valence-electron chi connectivity index (χ2n) is 3.42. The monoisotopic (exact) mass is 167 g/mol. The van der Waals surface area contributed by atoms with Crippen LogP contribution in [0.4, 0.5) is 0 Å². The van der Waals surface area contributed by atoms with Gasteiger partial charge >= 0.3 is 0 Å². The third kappa shape index (κ3) is 1.86. The summed E-state index contributed by atoms with van der Waals surface area (Å²) < 4.78 is 0. The molecule has 1 saturated heterocycles. The molecule has 0 saturated carbocycles. The van der Waals surface area contributed by atoms with Crippen LogP contribution in [-0.2, 0) is 0 Å². The largest absolute Gasteiger partial charge is 0.314 e. The summed E-state index contributed by atoms with van der Waals surface area (Å²) in [6, 6.07) is 0. The Hall–Kier alpha value is -0.380. The van der Waals surface area contributed by atoms with Gasteiger partial charge in [0, 0.05) is 32.7 Å². The molecule has 68 valence electrons. The predicted octanol–water partition coefficient (Wildman–Crippen LogP) is -0.233. The van der Waals surface area contributed by atoms with Crippen molar-refractivity contribution >= 4 is 0 Å². The average Bonchev–Trinajstić information content (AvgIpc) is 2.21. The standard InChI is InChI=1S/C9H17N3/c1-2-4-11-9(3-1)12-7-5-10-6-8-12/h1-2,9-11H,3-8H2. The van der Waals surface area contributed by atoms with Crippen LogP contribution in [0.25, 0.3) is 0 Å². The minimum atomic E-state index is 0.595. The fraction of sp³-hybridized carbons (Fsp3) is 0.778. The molecule has 12 heavy (non-hydrogen) atoms. The molecule has 1 unspecified atom stereocenters. The van der Waals surface area contributed by atoms with E-state index in [-0.39, 0.29) is 0 Å². The molecule has 2 aliphatic rings. The summed E-state index contributed by atoms with van der Waals surface area (Å²) in [6.45, 7) is 5.69. The fourth-order valence-corrected chi connectivity index (χ4v) is 1.87. The van der Waals surface area contributed by atoms with Crippen molar-refractivity contribution in [3.63, 3.8) is 0 Å². The van der Waals surface area contributed by atoms with E-state index < -0.39 is 0 Å². The second kappa shape index (κ2) is 4.03. The maximum absolute atomic E-state index is 3.50. The predicted molar refractivity (Wildman–Crippen MR) is 50.0 cm³/mol. The van der Waals surface area contributed by atoms with Crippen LogP contribution in [0.3, 0.4) is 0 Å². The van der Waals surface area contributed by atoms with Crippen LogP contribution in [0.5, 0.6) is 0 Å². The van der Waals surface area contributed by atoms with Gasteiger partial charge in [-0.15, -0.1) is 0 Å². The van der Waals surface area contributed by atoms with Crippen molar-refractivity contribution in [1.29, 1.82) is 0 Å². The number of rotatable bonds is 1. The van der Waals surface area contributed by atoms with Gasteiger partial charge in [0.2, 0.25) is 0 Å². The first kappa shape index (κ1) is 8.23. The summed E-state index contributed by atoms with van der Waals surface area (Å²) in [4.78, 5) is 2.53. The number of nitrogens with one attached hydrogen (secondary N) is 2. The normalized spacial score (nSPS) is 32.2. The van der Waals surface area contributed by atoms with Crippen LogP contribution >= 0.6 is 0 Å². The summed E-state index contributed by atoms with van der Waals surface area (Å²) >= 11 is 0. The first-order valence-corrected chi connectivity index (χ1v) is 4.80. The van der Waals surface area contributed by atoms with Crippen molar-refractivity contribution < 1.29 is 0 Å². The SMILES string of the molecule is C1=CCC(N2CCNCC2)NC1. The molecular weight excluding hydrogens is 150 g/mol. The molecule has 3 heteroatoms. The molecule has 1 fully saturated rings. The lowest BCUT2D eigenvalue weighted by molar-refractivity contribution is 0.146. The van der Waals surface area contributed by atoms with Crippen molar-refractivity contribution in [3.8, 4) is 0 Å². The van der Waals surface area contributed by atoms with Crippen LogP contribution in [-0.4, -0.2) is 43.8 Å². The minimum Gasteiger partial charge on any atom is -0.314 e. The van der Waals surface area contributed by atoms with Gasteiger partial charge in [0.25, 0.3) is 0 Å². The maximum atomic E-state index is 3.50. The van der Waals surface area contributed by atoms with Gasteiger partial charge in [-0.1, -0.05) is 12.2 Å². The zero-order valence-electron chi connectivity index (χ0n) is 7.42. The number of nitrogens with zero attached hydrogens (tertiary/aromatic N) is 1. The highest BCUT2D eigenvalue weighted by Gasteiger charge is 2.19. The highest BCUT2D eigenvalue weighted by Crippen LogP contribution is 2.06. The molecule has 0 bridgehead atoms. The van der Waals surface area contributed by atoms with E-state index in [1.54, 1.807) is 0 Å². The van der Waals surface area contributed by atoms with Gasteiger partial charge < -0.3 is 5.32 Å². The van der Waals surface area contributed by atoms with E-state index in [2.05, 4.69) is 27.7 Å². The van der Waals surface area contributed by atoms with Crippen molar-refractivity contribution in [2.24, 2.45) is 0 Å². The molecule has 0 amide bonds. The lowest BCUT2D eigenvalue weighted by atomic mass is 10.2. The lowest BCUT2D eigenvalue weighted by Crippen LogP contribution is -2.54. The first-order valence-electron chi connectivity index (χ1n) is 4.80. The smallest absolute Gasteiger partial charge is 0.0635 e. The molecule has 2 aliphatic heterocycles. The molecule has 0 aromatic rings. The van der Waals surface area contributed by atoms with Crippen molar-refractivity contribution in [3.05, 3.63) is 12.2 Å². The second-order valence-corrected chi connectivity index (χ2v) is 3.42. The molecule has 0 aromatic carbocycles. The first-order chi connectivity index (χ1) is 5.97.